The zero-order valence-electron chi connectivity index (χ0n) is 15.0. The number of nitrogens with two attached hydrogens (primary N) is 1. The summed E-state index contributed by atoms with van der Waals surface area (Å²) in [5.74, 6) is -3.26. The molecule has 0 aliphatic rings. The van der Waals surface area contributed by atoms with E-state index < -0.39 is 30.0 Å². The van der Waals surface area contributed by atoms with E-state index in [9.17, 15) is 24.9 Å². The van der Waals surface area contributed by atoms with E-state index in [-0.39, 0.29) is 23.5 Å². The number of nitrogens with zero attached hydrogens (tertiary/aromatic N) is 1. The zero-order chi connectivity index (χ0) is 20.1. The maximum Gasteiger partial charge on any atom is 0.339 e. The average molecular weight is 374 g/mol. The van der Waals surface area contributed by atoms with Gasteiger partial charge < -0.3 is 25.8 Å². The molecular weight excluding hydrogens is 352 g/mol. The number of aliphatic carboxylic acids is 1. The third-order valence-electron chi connectivity index (χ3n) is 4.19. The molecule has 0 saturated carbocycles. The van der Waals surface area contributed by atoms with Crippen LogP contribution in [0.5, 0.6) is 11.5 Å². The Bertz CT molecular complexity index is 821. The van der Waals surface area contributed by atoms with Crippen LogP contribution in [0.15, 0.2) is 36.5 Å². The van der Waals surface area contributed by atoms with Crippen molar-refractivity contribution in [2.75, 3.05) is 0 Å². The molecule has 144 valence electrons. The highest BCUT2D eigenvalue weighted by molar-refractivity contribution is 5.89. The molecule has 2 aromatic rings. The Morgan fingerprint density at radius 1 is 1.19 bits per heavy atom. The smallest absolute Gasteiger partial charge is 0.339 e. The van der Waals surface area contributed by atoms with E-state index in [4.69, 9.17) is 10.5 Å². The van der Waals surface area contributed by atoms with Gasteiger partial charge in [-0.3, -0.25) is 9.78 Å². The number of ether oxygens (including phenoxy) is 1. The van der Waals surface area contributed by atoms with Crippen molar-refractivity contribution in [1.29, 1.82) is 0 Å². The molecule has 0 bridgehead atoms. The first-order chi connectivity index (χ1) is 12.7. The van der Waals surface area contributed by atoms with Gasteiger partial charge in [-0.15, -0.1) is 0 Å². The second kappa shape index (κ2) is 8.50. The number of phenolic OH excluding ortho intramolecular Hbond substituents is 2. The maximum absolute atomic E-state index is 12.2. The van der Waals surface area contributed by atoms with Crippen LogP contribution in [0.25, 0.3) is 0 Å². The summed E-state index contributed by atoms with van der Waals surface area (Å²) in [4.78, 5) is 27.6. The number of hydrogen-bond donors (Lipinski definition) is 4. The molecule has 0 aliphatic heterocycles. The number of carboxylic acid groups (broad SMARTS) is 1. The third kappa shape index (κ3) is 5.18. The van der Waals surface area contributed by atoms with Gasteiger partial charge in [-0.05, 0) is 50.1 Å². The van der Waals surface area contributed by atoms with Gasteiger partial charge >= 0.3 is 11.9 Å². The Balaban J connectivity index is 2.16. The minimum Gasteiger partial charge on any atom is -0.504 e. The van der Waals surface area contributed by atoms with E-state index in [2.05, 4.69) is 4.98 Å². The number of phenols is 2. The highest BCUT2D eigenvalue weighted by atomic mass is 16.5. The van der Waals surface area contributed by atoms with Gasteiger partial charge in [-0.25, -0.2) is 4.79 Å². The Morgan fingerprint density at radius 2 is 1.89 bits per heavy atom. The van der Waals surface area contributed by atoms with E-state index >= 15 is 0 Å². The molecule has 3 atom stereocenters. The van der Waals surface area contributed by atoms with Crippen LogP contribution >= 0.6 is 0 Å². The number of esters is 1. The minimum atomic E-state index is -1.28. The van der Waals surface area contributed by atoms with Crippen molar-refractivity contribution in [3.05, 3.63) is 53.3 Å². The first-order valence-electron chi connectivity index (χ1n) is 8.33. The number of carbonyl (C=O) groups is 2. The first-order valence-corrected chi connectivity index (χ1v) is 8.33. The number of hydrogen-bond acceptors (Lipinski definition) is 7. The monoisotopic (exact) mass is 374 g/mol. The Morgan fingerprint density at radius 3 is 2.44 bits per heavy atom. The molecule has 27 heavy (non-hydrogen) atoms. The molecule has 1 heterocycles. The molecule has 0 amide bonds. The van der Waals surface area contributed by atoms with Crippen molar-refractivity contribution in [2.45, 2.75) is 38.3 Å². The van der Waals surface area contributed by atoms with Gasteiger partial charge in [0, 0.05) is 17.8 Å². The molecule has 2 rings (SSSR count). The summed E-state index contributed by atoms with van der Waals surface area (Å²) < 4.78 is 5.37. The van der Waals surface area contributed by atoms with Crippen LogP contribution < -0.4 is 5.73 Å². The Hall–Kier alpha value is -3.13. The SMILES string of the molecule is Cc1ccc(C(=O)O[C@@H](C)CC(c2ccc(O)c(O)c2)[C@H](N)C(=O)O)cn1. The predicted molar refractivity (Wildman–Crippen MR) is 96.6 cm³/mol. The molecule has 8 heteroatoms. The minimum absolute atomic E-state index is 0.114. The van der Waals surface area contributed by atoms with Crippen LogP contribution in [0.3, 0.4) is 0 Å². The van der Waals surface area contributed by atoms with Gasteiger partial charge in [0.2, 0.25) is 0 Å². The van der Waals surface area contributed by atoms with Crippen LogP contribution in [0, 0.1) is 6.92 Å². The van der Waals surface area contributed by atoms with Gasteiger partial charge in [-0.2, -0.15) is 0 Å². The number of aromatic nitrogens is 1. The summed E-state index contributed by atoms with van der Waals surface area (Å²) in [7, 11) is 0. The van der Waals surface area contributed by atoms with Crippen molar-refractivity contribution in [3.63, 3.8) is 0 Å². The van der Waals surface area contributed by atoms with E-state index in [0.29, 0.717) is 5.56 Å². The fourth-order valence-electron chi connectivity index (χ4n) is 2.68. The van der Waals surface area contributed by atoms with E-state index in [0.717, 1.165) is 5.69 Å². The fourth-order valence-corrected chi connectivity index (χ4v) is 2.68. The van der Waals surface area contributed by atoms with E-state index in [1.807, 2.05) is 0 Å². The summed E-state index contributed by atoms with van der Waals surface area (Å²) in [6.07, 6.45) is 0.871. The third-order valence-corrected chi connectivity index (χ3v) is 4.19. The molecular formula is C19H22N2O6. The van der Waals surface area contributed by atoms with Gasteiger partial charge in [-0.1, -0.05) is 6.07 Å². The number of rotatable bonds is 7. The van der Waals surface area contributed by atoms with Gasteiger partial charge in [0.05, 0.1) is 5.56 Å². The lowest BCUT2D eigenvalue weighted by molar-refractivity contribution is -0.139. The van der Waals surface area contributed by atoms with Crippen molar-refractivity contribution < 1.29 is 29.6 Å². The summed E-state index contributed by atoms with van der Waals surface area (Å²) >= 11 is 0. The first kappa shape index (κ1) is 20.2. The van der Waals surface area contributed by atoms with E-state index in [1.165, 1.54) is 24.4 Å². The number of aryl methyl sites for hydroxylation is 1. The highest BCUT2D eigenvalue weighted by Gasteiger charge is 2.29. The van der Waals surface area contributed by atoms with Crippen molar-refractivity contribution in [2.24, 2.45) is 5.73 Å². The van der Waals surface area contributed by atoms with Gasteiger partial charge in [0.25, 0.3) is 0 Å². The number of benzene rings is 1. The highest BCUT2D eigenvalue weighted by Crippen LogP contribution is 2.32. The number of pyridine rings is 1. The lowest BCUT2D eigenvalue weighted by Crippen LogP contribution is -2.38. The van der Waals surface area contributed by atoms with Crippen LogP contribution in [0.1, 0.15) is 40.9 Å². The van der Waals surface area contributed by atoms with Crippen molar-refractivity contribution >= 4 is 11.9 Å². The van der Waals surface area contributed by atoms with Gasteiger partial charge in [0.15, 0.2) is 11.5 Å². The standard InChI is InChI=1S/C19H22N2O6/c1-10-3-4-13(9-21-10)19(26)27-11(2)7-14(17(20)18(24)25)12-5-6-15(22)16(23)8-12/h3-6,8-9,11,14,17,22-23H,7,20H2,1-2H3,(H,24,25)/t11-,14?,17-/m0/s1. The zero-order valence-corrected chi connectivity index (χ0v) is 15.0. The number of carbonyl (C=O) groups excluding carboxylic acids is 1. The molecule has 0 spiro atoms. The van der Waals surface area contributed by atoms with Crippen molar-refractivity contribution in [3.8, 4) is 11.5 Å². The van der Waals surface area contributed by atoms with Crippen LogP contribution in [0.2, 0.25) is 0 Å². The Labute approximate surface area is 156 Å². The summed E-state index contributed by atoms with van der Waals surface area (Å²) in [6, 6.07) is 5.97. The second-order valence-electron chi connectivity index (χ2n) is 6.36. The lowest BCUT2D eigenvalue weighted by Gasteiger charge is -2.25. The molecule has 1 aromatic heterocycles. The summed E-state index contributed by atoms with van der Waals surface area (Å²) in [6.45, 7) is 3.42. The topological polar surface area (TPSA) is 143 Å². The molecule has 0 saturated heterocycles. The normalized spacial score (nSPS) is 14.2. The molecule has 0 fully saturated rings. The molecule has 0 radical (unpaired) electrons. The molecule has 0 aliphatic carbocycles. The quantitative estimate of drug-likeness (QED) is 0.425. The van der Waals surface area contributed by atoms with Crippen LogP contribution in [0.4, 0.5) is 0 Å². The number of aromatic hydroxyl groups is 2. The van der Waals surface area contributed by atoms with Gasteiger partial charge in [0.1, 0.15) is 12.1 Å². The largest absolute Gasteiger partial charge is 0.504 e. The predicted octanol–water partition coefficient (Wildman–Crippen LogP) is 1.93. The van der Waals surface area contributed by atoms with Crippen LogP contribution in [-0.4, -0.2) is 44.4 Å². The second-order valence-corrected chi connectivity index (χ2v) is 6.36. The molecule has 8 nitrogen and oxygen atoms in total. The maximum atomic E-state index is 12.2. The molecule has 1 aromatic carbocycles. The lowest BCUT2D eigenvalue weighted by atomic mass is 9.87. The molecule has 5 N–H and O–H groups in total. The number of carboxylic acids is 1. The fraction of sp³-hybridized carbons (Fsp3) is 0.316. The summed E-state index contributed by atoms with van der Waals surface area (Å²) in [5, 5.41) is 28.4. The summed E-state index contributed by atoms with van der Waals surface area (Å²) in [5.41, 5.74) is 7.26. The van der Waals surface area contributed by atoms with Crippen molar-refractivity contribution in [1.82, 2.24) is 4.98 Å². The average Bonchev–Trinajstić information content (AvgIpc) is 2.62. The van der Waals surface area contributed by atoms with E-state index in [1.54, 1.807) is 26.0 Å². The van der Waals surface area contributed by atoms with Crippen LogP contribution in [-0.2, 0) is 9.53 Å². The molecule has 1 unspecified atom stereocenters. The Kier molecular flexibility index (Phi) is 6.36.